The van der Waals surface area contributed by atoms with E-state index in [1.807, 2.05) is 24.3 Å². The van der Waals surface area contributed by atoms with Crippen LogP contribution in [0.4, 0.5) is 5.69 Å². The lowest BCUT2D eigenvalue weighted by Gasteiger charge is -2.16. The van der Waals surface area contributed by atoms with E-state index in [1.54, 1.807) is 25.2 Å². The van der Waals surface area contributed by atoms with E-state index in [-0.39, 0.29) is 24.5 Å². The van der Waals surface area contributed by atoms with Crippen molar-refractivity contribution >= 4 is 50.7 Å². The average Bonchev–Trinajstić information content (AvgIpc) is 3.59. The Hall–Kier alpha value is -4.32. The summed E-state index contributed by atoms with van der Waals surface area (Å²) in [4.78, 5) is 49.6. The molecular weight excluding hydrogens is 576 g/mol. The number of nitrogens with one attached hydrogen (secondary N) is 1. The normalized spacial score (nSPS) is 13.7. The van der Waals surface area contributed by atoms with Crippen LogP contribution < -0.4 is 19.5 Å². The van der Waals surface area contributed by atoms with Crippen LogP contribution in [-0.4, -0.2) is 66.1 Å². The molecule has 0 bridgehead atoms. The predicted molar refractivity (Wildman–Crippen MR) is 161 cm³/mol. The standard InChI is InChI=1S/C31H36N2O9S/c1-17(30(36)37)8-23(34)28-13-19-10-22(24(40-3)14-27(19)43-28)32-6-5-7-42-26-12-21-16-33(15-20(21)11-25(26)41-4)29(35)9-18(2)31(38)39/h10-14,17-18,32H,5-9,15-16H2,1-4H3,(H,36,37)(H,38,39). The zero-order valence-electron chi connectivity index (χ0n) is 24.6. The number of carboxylic acid groups (broad SMARTS) is 2. The highest BCUT2D eigenvalue weighted by molar-refractivity contribution is 7.20. The average molecular weight is 613 g/mol. The number of carboxylic acids is 2. The van der Waals surface area contributed by atoms with Crippen LogP contribution >= 0.6 is 11.3 Å². The molecule has 230 valence electrons. The number of amides is 1. The highest BCUT2D eigenvalue weighted by Crippen LogP contribution is 2.37. The second kappa shape index (κ2) is 13.8. The molecule has 11 nitrogen and oxygen atoms in total. The lowest BCUT2D eigenvalue weighted by atomic mass is 10.0. The summed E-state index contributed by atoms with van der Waals surface area (Å²) in [5.41, 5.74) is 2.65. The van der Waals surface area contributed by atoms with Crippen LogP contribution in [0.25, 0.3) is 10.1 Å². The number of fused-ring (bicyclic) bond motifs is 2. The zero-order valence-corrected chi connectivity index (χ0v) is 25.4. The van der Waals surface area contributed by atoms with Gasteiger partial charge in [0.2, 0.25) is 5.91 Å². The highest BCUT2D eigenvalue weighted by atomic mass is 32.1. The van der Waals surface area contributed by atoms with E-state index in [0.29, 0.717) is 54.8 Å². The maximum atomic E-state index is 12.6. The molecule has 0 spiro atoms. The van der Waals surface area contributed by atoms with Crippen LogP contribution in [0.1, 0.15) is 53.9 Å². The van der Waals surface area contributed by atoms with E-state index in [1.165, 1.54) is 25.2 Å². The van der Waals surface area contributed by atoms with Crippen molar-refractivity contribution in [2.75, 3.05) is 32.7 Å². The smallest absolute Gasteiger partial charge is 0.306 e. The van der Waals surface area contributed by atoms with E-state index in [9.17, 15) is 19.2 Å². The molecule has 3 aromatic rings. The first-order chi connectivity index (χ1) is 20.5. The number of rotatable bonds is 15. The summed E-state index contributed by atoms with van der Waals surface area (Å²) in [5.74, 6) is -2.12. The zero-order chi connectivity index (χ0) is 31.3. The lowest BCUT2D eigenvalue weighted by Crippen LogP contribution is -2.28. The number of nitrogens with zero attached hydrogens (tertiary/aromatic N) is 1. The Morgan fingerprint density at radius 3 is 2.14 bits per heavy atom. The van der Waals surface area contributed by atoms with Crippen molar-refractivity contribution in [1.29, 1.82) is 0 Å². The molecule has 2 unspecified atom stereocenters. The van der Waals surface area contributed by atoms with E-state index < -0.39 is 23.8 Å². The summed E-state index contributed by atoms with van der Waals surface area (Å²) >= 11 is 1.32. The maximum Gasteiger partial charge on any atom is 0.306 e. The molecule has 1 aliphatic rings. The number of ether oxygens (including phenoxy) is 3. The molecular formula is C31H36N2O9S. The van der Waals surface area contributed by atoms with Crippen molar-refractivity contribution in [3.8, 4) is 17.2 Å². The van der Waals surface area contributed by atoms with Crippen LogP contribution in [0.2, 0.25) is 0 Å². The third-order valence-electron chi connectivity index (χ3n) is 7.38. The number of carbonyl (C=O) groups is 4. The van der Waals surface area contributed by atoms with Crippen molar-refractivity contribution < 1.29 is 43.6 Å². The molecule has 0 saturated carbocycles. The van der Waals surface area contributed by atoms with Crippen LogP contribution in [0.5, 0.6) is 17.2 Å². The third kappa shape index (κ3) is 7.56. The number of hydrogen-bond donors (Lipinski definition) is 3. The summed E-state index contributed by atoms with van der Waals surface area (Å²) in [5, 5.41) is 22.5. The summed E-state index contributed by atoms with van der Waals surface area (Å²) in [6, 6.07) is 9.29. The van der Waals surface area contributed by atoms with Crippen molar-refractivity contribution in [2.24, 2.45) is 11.8 Å². The number of methoxy groups -OCH3 is 2. The number of ketones is 1. The molecule has 1 aromatic heterocycles. The monoisotopic (exact) mass is 612 g/mol. The minimum atomic E-state index is -0.996. The molecule has 1 aliphatic heterocycles. The van der Waals surface area contributed by atoms with E-state index in [2.05, 4.69) is 5.32 Å². The number of anilines is 1. The van der Waals surface area contributed by atoms with E-state index in [4.69, 9.17) is 24.4 Å². The Bertz CT molecular complexity index is 1530. The number of carbonyl (C=O) groups excluding carboxylic acids is 2. The van der Waals surface area contributed by atoms with Crippen LogP contribution in [-0.2, 0) is 27.5 Å². The fourth-order valence-electron chi connectivity index (χ4n) is 4.79. The Morgan fingerprint density at radius 1 is 0.884 bits per heavy atom. The lowest BCUT2D eigenvalue weighted by molar-refractivity contribution is -0.145. The van der Waals surface area contributed by atoms with Gasteiger partial charge in [-0.25, -0.2) is 0 Å². The van der Waals surface area contributed by atoms with Gasteiger partial charge in [-0.05, 0) is 47.2 Å². The van der Waals surface area contributed by atoms with Crippen LogP contribution in [0.15, 0.2) is 30.3 Å². The quantitative estimate of drug-likeness (QED) is 0.157. The molecule has 43 heavy (non-hydrogen) atoms. The maximum absolute atomic E-state index is 12.6. The molecule has 2 atom stereocenters. The molecule has 0 radical (unpaired) electrons. The summed E-state index contributed by atoms with van der Waals surface area (Å²) in [6.45, 7) is 4.80. The fraction of sp³-hybridized carbons (Fsp3) is 0.419. The van der Waals surface area contributed by atoms with Gasteiger partial charge in [0.1, 0.15) is 5.75 Å². The van der Waals surface area contributed by atoms with Gasteiger partial charge in [-0.1, -0.05) is 13.8 Å². The second-order valence-electron chi connectivity index (χ2n) is 10.7. The molecule has 2 heterocycles. The van der Waals surface area contributed by atoms with Gasteiger partial charge in [0.25, 0.3) is 0 Å². The number of Topliss-reactive ketones (excluding diaryl/α,β-unsaturated/α-hetero) is 1. The summed E-state index contributed by atoms with van der Waals surface area (Å²) in [6.07, 6.45) is 0.549. The second-order valence-corrected chi connectivity index (χ2v) is 11.7. The number of hydrogen-bond acceptors (Lipinski definition) is 9. The summed E-state index contributed by atoms with van der Waals surface area (Å²) < 4.78 is 18.0. The van der Waals surface area contributed by atoms with Crippen molar-refractivity contribution in [3.05, 3.63) is 46.3 Å². The van der Waals surface area contributed by atoms with Gasteiger partial charge < -0.3 is 34.6 Å². The Balaban J connectivity index is 1.34. The molecule has 4 rings (SSSR count). The van der Waals surface area contributed by atoms with Gasteiger partial charge in [0.15, 0.2) is 17.3 Å². The van der Waals surface area contributed by atoms with Gasteiger partial charge in [-0.2, -0.15) is 0 Å². The highest BCUT2D eigenvalue weighted by Gasteiger charge is 2.28. The topological polar surface area (TPSA) is 152 Å². The minimum Gasteiger partial charge on any atom is -0.495 e. The predicted octanol–water partition coefficient (Wildman–Crippen LogP) is 5.05. The molecule has 2 aromatic carbocycles. The summed E-state index contributed by atoms with van der Waals surface area (Å²) in [7, 11) is 3.13. The molecule has 0 saturated heterocycles. The number of aliphatic carboxylic acids is 2. The van der Waals surface area contributed by atoms with Crippen LogP contribution in [0.3, 0.4) is 0 Å². The van der Waals surface area contributed by atoms with Gasteiger partial charge in [-0.3, -0.25) is 19.2 Å². The van der Waals surface area contributed by atoms with Crippen molar-refractivity contribution in [2.45, 2.75) is 46.2 Å². The molecule has 3 N–H and O–H groups in total. The van der Waals surface area contributed by atoms with Crippen molar-refractivity contribution in [3.63, 3.8) is 0 Å². The molecule has 0 fully saturated rings. The number of benzene rings is 2. The van der Waals surface area contributed by atoms with E-state index in [0.717, 1.165) is 26.9 Å². The van der Waals surface area contributed by atoms with Gasteiger partial charge in [-0.15, -0.1) is 11.3 Å². The largest absolute Gasteiger partial charge is 0.495 e. The van der Waals surface area contributed by atoms with Gasteiger partial charge in [0, 0.05) is 43.2 Å². The molecule has 0 aliphatic carbocycles. The molecule has 12 heteroatoms. The SMILES string of the molecule is COc1cc2sc(C(=O)CC(C)C(=O)O)cc2cc1NCCCOc1cc2c(cc1OC)CN(C(=O)CC(C)C(=O)O)C2. The first kappa shape index (κ1) is 31.6. The molecule has 1 amide bonds. The Labute approximate surface area is 253 Å². The first-order valence-corrected chi connectivity index (χ1v) is 14.8. The first-order valence-electron chi connectivity index (χ1n) is 13.9. The van der Waals surface area contributed by atoms with Crippen molar-refractivity contribution in [1.82, 2.24) is 4.90 Å². The third-order valence-corrected chi connectivity index (χ3v) is 8.52. The fourth-order valence-corrected chi connectivity index (χ4v) is 5.81. The van der Waals surface area contributed by atoms with E-state index >= 15 is 0 Å². The van der Waals surface area contributed by atoms with Crippen LogP contribution in [0, 0.1) is 11.8 Å². The minimum absolute atomic E-state index is 0.0493. The van der Waals surface area contributed by atoms with Gasteiger partial charge in [0.05, 0.1) is 43.2 Å². The Morgan fingerprint density at radius 2 is 1.51 bits per heavy atom. The number of thiophene rings is 1. The van der Waals surface area contributed by atoms with Gasteiger partial charge >= 0.3 is 11.9 Å². The Kier molecular flexibility index (Phi) is 10.1.